The molecule has 2 aromatic rings. The molecule has 0 bridgehead atoms. The lowest BCUT2D eigenvalue weighted by molar-refractivity contribution is -0.527. The molecule has 114 valence electrons. The van der Waals surface area contributed by atoms with Crippen LogP contribution in [0.5, 0.6) is 0 Å². The highest BCUT2D eigenvalue weighted by molar-refractivity contribution is 5.22. The molecule has 2 atom stereocenters. The molecule has 0 saturated heterocycles. The van der Waals surface area contributed by atoms with Gasteiger partial charge in [0.25, 0.3) is 0 Å². The third-order valence-corrected chi connectivity index (χ3v) is 3.58. The molecule has 0 aliphatic heterocycles. The van der Waals surface area contributed by atoms with Crippen LogP contribution in [0.15, 0.2) is 73.3 Å². The number of nitro groups is 1. The standard InChI is InChI=1S/C18H20N2O2/c1-2-13-19-18(16-11-7-4-8-12-16)17(20(21)22)14-15-9-5-3-6-10-15/h2-12,17-19H,1,13-14H2/t17-,18+/m0/s1. The summed E-state index contributed by atoms with van der Waals surface area (Å²) in [6, 6.07) is 18.0. The van der Waals surface area contributed by atoms with Gasteiger partial charge in [0.1, 0.15) is 6.04 Å². The molecular formula is C18H20N2O2. The molecule has 0 unspecified atom stereocenters. The van der Waals surface area contributed by atoms with Crippen molar-refractivity contribution in [2.45, 2.75) is 18.5 Å². The van der Waals surface area contributed by atoms with E-state index in [0.717, 1.165) is 11.1 Å². The largest absolute Gasteiger partial charge is 0.301 e. The average molecular weight is 296 g/mol. The highest BCUT2D eigenvalue weighted by Crippen LogP contribution is 2.22. The number of hydrogen-bond acceptors (Lipinski definition) is 3. The highest BCUT2D eigenvalue weighted by atomic mass is 16.6. The molecule has 0 aliphatic carbocycles. The van der Waals surface area contributed by atoms with E-state index in [-0.39, 0.29) is 11.0 Å². The van der Waals surface area contributed by atoms with E-state index in [1.165, 1.54) is 0 Å². The Morgan fingerprint density at radius 3 is 2.23 bits per heavy atom. The first-order chi connectivity index (χ1) is 10.7. The second-order valence-electron chi connectivity index (χ2n) is 5.13. The van der Waals surface area contributed by atoms with Crippen LogP contribution in [0, 0.1) is 10.1 Å². The van der Waals surface area contributed by atoms with E-state index in [1.54, 1.807) is 6.08 Å². The molecule has 2 aromatic carbocycles. The fraction of sp³-hybridized carbons (Fsp3) is 0.222. The predicted molar refractivity (Wildman–Crippen MR) is 88.3 cm³/mol. The summed E-state index contributed by atoms with van der Waals surface area (Å²) in [6.07, 6.45) is 2.10. The Balaban J connectivity index is 2.28. The smallest absolute Gasteiger partial charge is 0.236 e. The van der Waals surface area contributed by atoms with Gasteiger partial charge in [-0.2, -0.15) is 0 Å². The summed E-state index contributed by atoms with van der Waals surface area (Å²) in [7, 11) is 0. The van der Waals surface area contributed by atoms with Gasteiger partial charge in [-0.05, 0) is 11.1 Å². The van der Waals surface area contributed by atoms with Gasteiger partial charge >= 0.3 is 0 Å². The van der Waals surface area contributed by atoms with Crippen molar-refractivity contribution >= 4 is 0 Å². The number of nitrogens with zero attached hydrogens (tertiary/aromatic N) is 1. The molecular weight excluding hydrogens is 276 g/mol. The van der Waals surface area contributed by atoms with E-state index in [4.69, 9.17) is 0 Å². The lowest BCUT2D eigenvalue weighted by atomic mass is 9.94. The molecule has 0 amide bonds. The molecule has 0 fully saturated rings. The summed E-state index contributed by atoms with van der Waals surface area (Å²) in [4.78, 5) is 11.4. The summed E-state index contributed by atoms with van der Waals surface area (Å²) in [5.41, 5.74) is 1.88. The number of rotatable bonds is 8. The zero-order chi connectivity index (χ0) is 15.8. The lowest BCUT2D eigenvalue weighted by Crippen LogP contribution is -2.38. The lowest BCUT2D eigenvalue weighted by Gasteiger charge is -2.22. The Morgan fingerprint density at radius 2 is 1.68 bits per heavy atom. The van der Waals surface area contributed by atoms with Gasteiger partial charge in [0.05, 0.1) is 0 Å². The zero-order valence-electron chi connectivity index (χ0n) is 12.4. The van der Waals surface area contributed by atoms with Crippen molar-refractivity contribution in [3.05, 3.63) is 94.6 Å². The Labute approximate surface area is 130 Å². The maximum atomic E-state index is 11.6. The zero-order valence-corrected chi connectivity index (χ0v) is 12.4. The summed E-state index contributed by atoms with van der Waals surface area (Å²) in [5.74, 6) is 0. The summed E-state index contributed by atoms with van der Waals surface area (Å²) < 4.78 is 0. The van der Waals surface area contributed by atoms with Gasteiger partial charge in [-0.1, -0.05) is 66.7 Å². The van der Waals surface area contributed by atoms with Crippen molar-refractivity contribution in [2.75, 3.05) is 6.54 Å². The number of nitrogens with one attached hydrogen (secondary N) is 1. The van der Waals surface area contributed by atoms with Crippen molar-refractivity contribution in [3.63, 3.8) is 0 Å². The highest BCUT2D eigenvalue weighted by Gasteiger charge is 2.32. The Bertz CT molecular complexity index is 599. The van der Waals surface area contributed by atoms with Crippen LogP contribution in [0.4, 0.5) is 0 Å². The van der Waals surface area contributed by atoms with Crippen molar-refractivity contribution < 1.29 is 4.92 Å². The van der Waals surface area contributed by atoms with Gasteiger partial charge < -0.3 is 5.32 Å². The second-order valence-corrected chi connectivity index (χ2v) is 5.13. The summed E-state index contributed by atoms with van der Waals surface area (Å²) >= 11 is 0. The van der Waals surface area contributed by atoms with Gasteiger partial charge in [-0.3, -0.25) is 10.1 Å². The third kappa shape index (κ3) is 4.27. The topological polar surface area (TPSA) is 55.2 Å². The predicted octanol–water partition coefficient (Wildman–Crippen LogP) is 3.39. The average Bonchev–Trinajstić information content (AvgIpc) is 2.56. The monoisotopic (exact) mass is 296 g/mol. The van der Waals surface area contributed by atoms with Gasteiger partial charge in [-0.15, -0.1) is 6.58 Å². The van der Waals surface area contributed by atoms with Crippen molar-refractivity contribution in [3.8, 4) is 0 Å². The Hall–Kier alpha value is -2.46. The van der Waals surface area contributed by atoms with Crippen molar-refractivity contribution in [1.82, 2.24) is 5.32 Å². The Morgan fingerprint density at radius 1 is 1.09 bits per heavy atom. The minimum Gasteiger partial charge on any atom is -0.301 e. The van der Waals surface area contributed by atoms with Crippen LogP contribution in [-0.2, 0) is 6.42 Å². The molecule has 1 N–H and O–H groups in total. The first-order valence-corrected chi connectivity index (χ1v) is 7.29. The fourth-order valence-electron chi connectivity index (χ4n) is 2.52. The number of hydrogen-bond donors (Lipinski definition) is 1. The van der Waals surface area contributed by atoms with Gasteiger partial charge in [0, 0.05) is 17.9 Å². The minimum atomic E-state index is -0.732. The van der Waals surface area contributed by atoms with Crippen molar-refractivity contribution in [2.24, 2.45) is 0 Å². The maximum Gasteiger partial charge on any atom is 0.236 e. The molecule has 0 spiro atoms. The fourth-order valence-corrected chi connectivity index (χ4v) is 2.52. The summed E-state index contributed by atoms with van der Waals surface area (Å²) in [5, 5.41) is 14.8. The molecule has 0 radical (unpaired) electrons. The van der Waals surface area contributed by atoms with Gasteiger partial charge in [0.2, 0.25) is 6.04 Å². The van der Waals surface area contributed by atoms with Crippen LogP contribution in [0.25, 0.3) is 0 Å². The second kappa shape index (κ2) is 8.10. The van der Waals surface area contributed by atoms with E-state index >= 15 is 0 Å². The molecule has 0 aromatic heterocycles. The molecule has 0 saturated carbocycles. The number of benzene rings is 2. The molecule has 0 aliphatic rings. The molecule has 4 nitrogen and oxygen atoms in total. The molecule has 22 heavy (non-hydrogen) atoms. The van der Waals surface area contributed by atoms with Crippen LogP contribution in [0.1, 0.15) is 17.2 Å². The van der Waals surface area contributed by atoms with E-state index < -0.39 is 6.04 Å². The maximum absolute atomic E-state index is 11.6. The van der Waals surface area contributed by atoms with Crippen LogP contribution >= 0.6 is 0 Å². The molecule has 4 heteroatoms. The quantitative estimate of drug-likeness (QED) is 0.461. The first kappa shape index (κ1) is 15.9. The molecule has 0 heterocycles. The minimum absolute atomic E-state index is 0.194. The SMILES string of the molecule is C=CCN[C@H](c1ccccc1)[C@H](Cc1ccccc1)[N+](=O)[O-]. The van der Waals surface area contributed by atoms with Gasteiger partial charge in [0.15, 0.2) is 0 Å². The van der Waals surface area contributed by atoms with E-state index in [1.807, 2.05) is 60.7 Å². The normalized spacial score (nSPS) is 13.3. The van der Waals surface area contributed by atoms with E-state index in [9.17, 15) is 10.1 Å². The van der Waals surface area contributed by atoms with Gasteiger partial charge in [-0.25, -0.2) is 0 Å². The third-order valence-electron chi connectivity index (χ3n) is 3.58. The van der Waals surface area contributed by atoms with Crippen LogP contribution < -0.4 is 5.32 Å². The van der Waals surface area contributed by atoms with E-state index in [2.05, 4.69) is 11.9 Å². The van der Waals surface area contributed by atoms with Crippen LogP contribution in [0.2, 0.25) is 0 Å². The van der Waals surface area contributed by atoms with Crippen molar-refractivity contribution in [1.29, 1.82) is 0 Å². The summed E-state index contributed by atoms with van der Waals surface area (Å²) in [6.45, 7) is 4.21. The first-order valence-electron chi connectivity index (χ1n) is 7.29. The van der Waals surface area contributed by atoms with Crippen LogP contribution in [-0.4, -0.2) is 17.5 Å². The Kier molecular flexibility index (Phi) is 5.86. The van der Waals surface area contributed by atoms with Crippen LogP contribution in [0.3, 0.4) is 0 Å². The molecule has 2 rings (SSSR count). The van der Waals surface area contributed by atoms with E-state index in [0.29, 0.717) is 13.0 Å².